The number of methoxy groups -OCH3 is 1. The fourth-order valence-corrected chi connectivity index (χ4v) is 2.62. The van der Waals surface area contributed by atoms with Gasteiger partial charge in [-0.1, -0.05) is 0 Å². The molecular weight excluding hydrogens is 212 g/mol. The zero-order chi connectivity index (χ0) is 10.8. The highest BCUT2D eigenvalue weighted by Crippen LogP contribution is 2.29. The van der Waals surface area contributed by atoms with Gasteiger partial charge in [-0.2, -0.15) is 0 Å². The highest BCUT2D eigenvalue weighted by Gasteiger charge is 2.35. The number of carbonyl (C=O) groups is 1. The van der Waals surface area contributed by atoms with Gasteiger partial charge in [0.15, 0.2) is 0 Å². The van der Waals surface area contributed by atoms with Crippen LogP contribution >= 0.6 is 11.3 Å². The summed E-state index contributed by atoms with van der Waals surface area (Å²) >= 11 is 1.62. The van der Waals surface area contributed by atoms with Gasteiger partial charge in [0.1, 0.15) is 0 Å². The number of ether oxygens (including phenoxy) is 1. The van der Waals surface area contributed by atoms with Gasteiger partial charge in [-0.15, -0.1) is 11.3 Å². The van der Waals surface area contributed by atoms with Crippen LogP contribution in [-0.4, -0.2) is 31.2 Å². The Labute approximate surface area is 92.7 Å². The number of nitrogens with zero attached hydrogens (tertiary/aromatic N) is 1. The predicted octanol–water partition coefficient (Wildman–Crippen LogP) is 0.928. The Bertz CT molecular complexity index is 364. The Morgan fingerprint density at radius 1 is 1.67 bits per heavy atom. The van der Waals surface area contributed by atoms with Gasteiger partial charge >= 0.3 is 5.97 Å². The molecule has 0 saturated carbocycles. The number of thiazole rings is 1. The average molecular weight is 226 g/mol. The first-order valence-electron chi connectivity index (χ1n) is 4.93. The highest BCUT2D eigenvalue weighted by atomic mass is 32.1. The number of rotatable bonds is 2. The van der Waals surface area contributed by atoms with Crippen molar-refractivity contribution < 1.29 is 9.53 Å². The minimum absolute atomic E-state index is 0.0866. The number of aryl methyl sites for hydroxylation is 1. The number of hydrogen-bond acceptors (Lipinski definition) is 5. The van der Waals surface area contributed by atoms with E-state index in [4.69, 9.17) is 4.74 Å². The molecule has 2 rings (SSSR count). The molecule has 4 nitrogen and oxygen atoms in total. The largest absolute Gasteiger partial charge is 0.469 e. The summed E-state index contributed by atoms with van der Waals surface area (Å²) in [5.74, 6) is -0.0606. The summed E-state index contributed by atoms with van der Waals surface area (Å²) in [6.07, 6.45) is 0. The molecule has 15 heavy (non-hydrogen) atoms. The Morgan fingerprint density at radius 2 is 2.47 bits per heavy atom. The first kappa shape index (κ1) is 10.6. The van der Waals surface area contributed by atoms with Crippen molar-refractivity contribution in [3.63, 3.8) is 0 Å². The van der Waals surface area contributed by atoms with Crippen molar-refractivity contribution in [3.8, 4) is 0 Å². The maximum absolute atomic E-state index is 11.5. The molecule has 2 heterocycles. The third kappa shape index (κ3) is 2.03. The lowest BCUT2D eigenvalue weighted by Gasteiger charge is -2.13. The summed E-state index contributed by atoms with van der Waals surface area (Å²) in [5.41, 5.74) is 1.01. The smallest absolute Gasteiger partial charge is 0.310 e. The molecule has 1 aliphatic rings. The molecule has 2 unspecified atom stereocenters. The fourth-order valence-electron chi connectivity index (χ4n) is 1.94. The summed E-state index contributed by atoms with van der Waals surface area (Å²) in [7, 11) is 1.43. The van der Waals surface area contributed by atoms with Crippen LogP contribution in [0, 0.1) is 12.8 Å². The summed E-state index contributed by atoms with van der Waals surface area (Å²) in [5, 5.41) is 6.28. The summed E-state index contributed by atoms with van der Waals surface area (Å²) < 4.78 is 4.79. The molecule has 5 heteroatoms. The molecule has 1 aromatic rings. The van der Waals surface area contributed by atoms with Gasteiger partial charge in [-0.25, -0.2) is 4.98 Å². The molecule has 1 fully saturated rings. The Balaban J connectivity index is 2.18. The van der Waals surface area contributed by atoms with Crippen LogP contribution in [0.25, 0.3) is 0 Å². The number of hydrogen-bond donors (Lipinski definition) is 1. The topological polar surface area (TPSA) is 51.2 Å². The van der Waals surface area contributed by atoms with E-state index in [1.807, 2.05) is 12.3 Å². The van der Waals surface area contributed by atoms with Crippen molar-refractivity contribution in [2.45, 2.75) is 12.8 Å². The van der Waals surface area contributed by atoms with Crippen LogP contribution in [0.4, 0.5) is 0 Å². The van der Waals surface area contributed by atoms with Crippen molar-refractivity contribution >= 4 is 17.3 Å². The molecule has 82 valence electrons. The molecule has 2 atom stereocenters. The molecule has 1 N–H and O–H groups in total. The third-order valence-corrected chi connectivity index (χ3v) is 3.53. The molecule has 0 bridgehead atoms. The molecule has 0 spiro atoms. The van der Waals surface area contributed by atoms with Crippen molar-refractivity contribution in [1.29, 1.82) is 0 Å². The molecule has 1 aliphatic heterocycles. The Hall–Kier alpha value is -0.940. The van der Waals surface area contributed by atoms with Crippen LogP contribution in [-0.2, 0) is 9.53 Å². The average Bonchev–Trinajstić information content (AvgIpc) is 2.84. The SMILES string of the molecule is COC(=O)C1CNCC1c1csc(C)n1. The van der Waals surface area contributed by atoms with Crippen LogP contribution in [0.3, 0.4) is 0 Å². The second-order valence-electron chi connectivity index (χ2n) is 3.69. The van der Waals surface area contributed by atoms with Crippen LogP contribution < -0.4 is 5.32 Å². The van der Waals surface area contributed by atoms with Gasteiger partial charge in [0.2, 0.25) is 0 Å². The van der Waals surface area contributed by atoms with Gasteiger partial charge in [-0.3, -0.25) is 4.79 Å². The highest BCUT2D eigenvalue weighted by molar-refractivity contribution is 7.09. The van der Waals surface area contributed by atoms with Crippen LogP contribution in [0.1, 0.15) is 16.6 Å². The second kappa shape index (κ2) is 4.28. The van der Waals surface area contributed by atoms with Gasteiger partial charge in [0.25, 0.3) is 0 Å². The van der Waals surface area contributed by atoms with E-state index >= 15 is 0 Å². The van der Waals surface area contributed by atoms with E-state index in [1.165, 1.54) is 7.11 Å². The molecule has 0 aromatic carbocycles. The van der Waals surface area contributed by atoms with Gasteiger partial charge < -0.3 is 10.1 Å². The number of carbonyl (C=O) groups excluding carboxylic acids is 1. The Kier molecular flexibility index (Phi) is 3.02. The lowest BCUT2D eigenvalue weighted by molar-refractivity contribution is -0.145. The van der Waals surface area contributed by atoms with Crippen LogP contribution in [0.15, 0.2) is 5.38 Å². The predicted molar refractivity (Wildman–Crippen MR) is 58.0 cm³/mol. The van der Waals surface area contributed by atoms with E-state index in [0.717, 1.165) is 17.2 Å². The van der Waals surface area contributed by atoms with E-state index in [9.17, 15) is 4.79 Å². The zero-order valence-electron chi connectivity index (χ0n) is 8.82. The number of aromatic nitrogens is 1. The first-order chi connectivity index (χ1) is 7.22. The van der Waals surface area contributed by atoms with Crippen molar-refractivity contribution in [3.05, 3.63) is 16.1 Å². The fraction of sp³-hybridized carbons (Fsp3) is 0.600. The van der Waals surface area contributed by atoms with Crippen LogP contribution in [0.5, 0.6) is 0 Å². The van der Waals surface area contributed by atoms with Crippen molar-refractivity contribution in [2.24, 2.45) is 5.92 Å². The Morgan fingerprint density at radius 3 is 3.07 bits per heavy atom. The normalized spacial score (nSPS) is 25.5. The maximum Gasteiger partial charge on any atom is 0.310 e. The first-order valence-corrected chi connectivity index (χ1v) is 5.81. The molecule has 1 saturated heterocycles. The molecule has 1 aromatic heterocycles. The number of nitrogens with one attached hydrogen (secondary N) is 1. The number of esters is 1. The van der Waals surface area contributed by atoms with Crippen molar-refractivity contribution in [1.82, 2.24) is 10.3 Å². The van der Waals surface area contributed by atoms with E-state index in [1.54, 1.807) is 11.3 Å². The molecule has 0 aliphatic carbocycles. The van der Waals surface area contributed by atoms with E-state index < -0.39 is 0 Å². The van der Waals surface area contributed by atoms with Crippen molar-refractivity contribution in [2.75, 3.05) is 20.2 Å². The lowest BCUT2D eigenvalue weighted by Crippen LogP contribution is -2.23. The van der Waals surface area contributed by atoms with Gasteiger partial charge in [-0.05, 0) is 6.92 Å². The lowest BCUT2D eigenvalue weighted by atomic mass is 9.94. The second-order valence-corrected chi connectivity index (χ2v) is 4.75. The minimum atomic E-state index is -0.143. The quantitative estimate of drug-likeness (QED) is 0.762. The monoisotopic (exact) mass is 226 g/mol. The van der Waals surface area contributed by atoms with E-state index in [2.05, 4.69) is 10.3 Å². The van der Waals surface area contributed by atoms with Gasteiger partial charge in [0.05, 0.1) is 23.7 Å². The van der Waals surface area contributed by atoms with E-state index in [-0.39, 0.29) is 17.8 Å². The van der Waals surface area contributed by atoms with Gasteiger partial charge in [0, 0.05) is 24.4 Å². The maximum atomic E-state index is 11.5. The summed E-state index contributed by atoms with van der Waals surface area (Å²) in [6.45, 7) is 3.47. The zero-order valence-corrected chi connectivity index (χ0v) is 9.63. The van der Waals surface area contributed by atoms with E-state index in [0.29, 0.717) is 6.54 Å². The third-order valence-electron chi connectivity index (χ3n) is 2.73. The minimum Gasteiger partial charge on any atom is -0.469 e. The molecule has 0 amide bonds. The van der Waals surface area contributed by atoms with Crippen LogP contribution in [0.2, 0.25) is 0 Å². The molecular formula is C10H14N2O2S. The summed E-state index contributed by atoms with van der Waals surface area (Å²) in [4.78, 5) is 15.9. The molecule has 0 radical (unpaired) electrons. The standard InChI is InChI=1S/C10H14N2O2S/c1-6-12-9(5-15-6)7-3-11-4-8(7)10(13)14-2/h5,7-8,11H,3-4H2,1-2H3. The summed E-state index contributed by atoms with van der Waals surface area (Å²) in [6, 6.07) is 0.